The molecular formula is C8H7BrN2. The van der Waals surface area contributed by atoms with Gasteiger partial charge in [0, 0.05) is 10.7 Å². The van der Waals surface area contributed by atoms with Crippen molar-refractivity contribution in [3.8, 4) is 6.07 Å². The maximum absolute atomic E-state index is 8.40. The third-order valence-electron chi connectivity index (χ3n) is 1.30. The second-order valence-electron chi connectivity index (χ2n) is 2.28. The van der Waals surface area contributed by atoms with Crippen LogP contribution in [-0.2, 0) is 6.42 Å². The molecule has 11 heavy (non-hydrogen) atoms. The fourth-order valence-corrected chi connectivity index (χ4v) is 1.37. The number of hydrogen-bond donors (Lipinski definition) is 0. The number of nitrogens with zero attached hydrogens (tertiary/aromatic N) is 2. The van der Waals surface area contributed by atoms with Gasteiger partial charge in [-0.25, -0.2) is 0 Å². The van der Waals surface area contributed by atoms with Crippen LogP contribution in [0.25, 0.3) is 0 Å². The van der Waals surface area contributed by atoms with Crippen molar-refractivity contribution in [1.82, 2.24) is 4.98 Å². The molecule has 1 aromatic heterocycles. The minimum atomic E-state index is 0.362. The van der Waals surface area contributed by atoms with Crippen LogP contribution in [0.5, 0.6) is 0 Å². The van der Waals surface area contributed by atoms with Gasteiger partial charge >= 0.3 is 0 Å². The van der Waals surface area contributed by atoms with E-state index in [-0.39, 0.29) is 0 Å². The SMILES string of the molecule is Cc1cnc(CC#N)c(Br)c1. The Balaban J connectivity index is 3.01. The predicted octanol–water partition coefficient (Wildman–Crippen LogP) is 2.22. The second-order valence-corrected chi connectivity index (χ2v) is 3.13. The van der Waals surface area contributed by atoms with E-state index in [1.54, 1.807) is 6.20 Å². The van der Waals surface area contributed by atoms with Crippen LogP contribution in [-0.4, -0.2) is 4.98 Å². The van der Waals surface area contributed by atoms with Crippen molar-refractivity contribution in [2.24, 2.45) is 0 Å². The van der Waals surface area contributed by atoms with E-state index in [1.165, 1.54) is 0 Å². The van der Waals surface area contributed by atoms with Crippen molar-refractivity contribution in [2.75, 3.05) is 0 Å². The van der Waals surface area contributed by atoms with Crippen molar-refractivity contribution in [3.05, 3.63) is 28.0 Å². The Morgan fingerprint density at radius 3 is 3.00 bits per heavy atom. The summed E-state index contributed by atoms with van der Waals surface area (Å²) in [5.74, 6) is 0. The van der Waals surface area contributed by atoms with Crippen molar-refractivity contribution in [3.63, 3.8) is 0 Å². The summed E-state index contributed by atoms with van der Waals surface area (Å²) in [5.41, 5.74) is 1.90. The van der Waals surface area contributed by atoms with Gasteiger partial charge in [0.05, 0.1) is 18.2 Å². The van der Waals surface area contributed by atoms with Gasteiger partial charge < -0.3 is 0 Å². The first-order valence-electron chi connectivity index (χ1n) is 3.22. The Hall–Kier alpha value is -0.880. The lowest BCUT2D eigenvalue weighted by atomic mass is 10.2. The van der Waals surface area contributed by atoms with Crippen LogP contribution in [0.15, 0.2) is 16.7 Å². The van der Waals surface area contributed by atoms with Gasteiger partial charge in [0.1, 0.15) is 0 Å². The van der Waals surface area contributed by atoms with E-state index in [4.69, 9.17) is 5.26 Å². The molecule has 56 valence electrons. The van der Waals surface area contributed by atoms with Gasteiger partial charge in [0.15, 0.2) is 0 Å². The number of halogens is 1. The summed E-state index contributed by atoms with van der Waals surface area (Å²) in [6, 6.07) is 4.01. The Bertz CT molecular complexity index is 301. The molecule has 1 aromatic rings. The Morgan fingerprint density at radius 1 is 1.73 bits per heavy atom. The molecule has 3 heteroatoms. The number of hydrogen-bond acceptors (Lipinski definition) is 2. The fraction of sp³-hybridized carbons (Fsp3) is 0.250. The smallest absolute Gasteiger partial charge is 0.0786 e. The third kappa shape index (κ3) is 2.02. The van der Waals surface area contributed by atoms with E-state index >= 15 is 0 Å². The molecule has 0 atom stereocenters. The highest BCUT2D eigenvalue weighted by atomic mass is 79.9. The van der Waals surface area contributed by atoms with Gasteiger partial charge in [-0.15, -0.1) is 0 Å². The summed E-state index contributed by atoms with van der Waals surface area (Å²) >= 11 is 3.33. The highest BCUT2D eigenvalue weighted by molar-refractivity contribution is 9.10. The van der Waals surface area contributed by atoms with Crippen molar-refractivity contribution in [2.45, 2.75) is 13.3 Å². The van der Waals surface area contributed by atoms with Crippen molar-refractivity contribution < 1.29 is 0 Å². The number of nitriles is 1. The summed E-state index contributed by atoms with van der Waals surface area (Å²) in [4.78, 5) is 4.10. The third-order valence-corrected chi connectivity index (χ3v) is 1.99. The summed E-state index contributed by atoms with van der Waals surface area (Å²) in [6.45, 7) is 1.97. The lowest BCUT2D eigenvalue weighted by Gasteiger charge is -1.98. The standard InChI is InChI=1S/C8H7BrN2/c1-6-4-7(9)8(2-3-10)11-5-6/h4-5H,2H2,1H3. The molecule has 0 amide bonds. The summed E-state index contributed by atoms with van der Waals surface area (Å²) < 4.78 is 0.916. The first-order chi connectivity index (χ1) is 5.24. The lowest BCUT2D eigenvalue weighted by Crippen LogP contribution is -1.89. The van der Waals surface area contributed by atoms with Gasteiger partial charge in [-0.1, -0.05) is 0 Å². The molecule has 0 N–H and O–H groups in total. The average molecular weight is 211 g/mol. The van der Waals surface area contributed by atoms with Crippen LogP contribution >= 0.6 is 15.9 Å². The molecule has 0 spiro atoms. The maximum atomic E-state index is 8.40. The summed E-state index contributed by atoms with van der Waals surface area (Å²) in [6.07, 6.45) is 2.12. The molecule has 0 radical (unpaired) electrons. The zero-order chi connectivity index (χ0) is 8.27. The van der Waals surface area contributed by atoms with E-state index in [0.717, 1.165) is 15.7 Å². The molecule has 0 unspecified atom stereocenters. The number of pyridine rings is 1. The first-order valence-corrected chi connectivity index (χ1v) is 4.01. The summed E-state index contributed by atoms with van der Waals surface area (Å²) in [7, 11) is 0. The first kappa shape index (κ1) is 8.22. The van der Waals surface area contributed by atoms with Crippen LogP contribution in [0.2, 0.25) is 0 Å². The molecule has 0 aliphatic rings. The molecule has 2 nitrogen and oxygen atoms in total. The molecule has 0 aliphatic heterocycles. The van der Waals surface area contributed by atoms with Crippen LogP contribution in [0, 0.1) is 18.3 Å². The Kier molecular flexibility index (Phi) is 2.61. The van der Waals surface area contributed by atoms with Crippen molar-refractivity contribution >= 4 is 15.9 Å². The quantitative estimate of drug-likeness (QED) is 0.713. The van der Waals surface area contributed by atoms with Crippen LogP contribution in [0.4, 0.5) is 0 Å². The van der Waals surface area contributed by atoms with Gasteiger partial charge in [-0.05, 0) is 34.5 Å². The predicted molar refractivity (Wildman–Crippen MR) is 46.0 cm³/mol. The van der Waals surface area contributed by atoms with E-state index in [0.29, 0.717) is 6.42 Å². The molecule has 0 aromatic carbocycles. The molecule has 1 heterocycles. The van der Waals surface area contributed by atoms with E-state index < -0.39 is 0 Å². The number of aromatic nitrogens is 1. The molecule has 1 rings (SSSR count). The van der Waals surface area contributed by atoms with Gasteiger partial charge in [-0.3, -0.25) is 4.98 Å². The number of aryl methyl sites for hydroxylation is 1. The second kappa shape index (κ2) is 3.49. The van der Waals surface area contributed by atoms with Crippen LogP contribution in [0.1, 0.15) is 11.3 Å². The zero-order valence-corrected chi connectivity index (χ0v) is 7.72. The summed E-state index contributed by atoms with van der Waals surface area (Å²) in [5, 5.41) is 8.40. The van der Waals surface area contributed by atoms with E-state index in [2.05, 4.69) is 27.0 Å². The van der Waals surface area contributed by atoms with Crippen LogP contribution in [0.3, 0.4) is 0 Å². The molecule has 0 bridgehead atoms. The maximum Gasteiger partial charge on any atom is 0.0786 e. The van der Waals surface area contributed by atoms with Gasteiger partial charge in [-0.2, -0.15) is 5.26 Å². The van der Waals surface area contributed by atoms with E-state index in [9.17, 15) is 0 Å². The van der Waals surface area contributed by atoms with Gasteiger partial charge in [0.2, 0.25) is 0 Å². The van der Waals surface area contributed by atoms with E-state index in [1.807, 2.05) is 13.0 Å². The molecule has 0 aliphatic carbocycles. The van der Waals surface area contributed by atoms with Gasteiger partial charge in [0.25, 0.3) is 0 Å². The number of rotatable bonds is 1. The zero-order valence-electron chi connectivity index (χ0n) is 6.13. The molecule has 0 fully saturated rings. The fourth-order valence-electron chi connectivity index (χ4n) is 0.767. The largest absolute Gasteiger partial charge is 0.259 e. The highest BCUT2D eigenvalue weighted by Crippen LogP contribution is 2.15. The van der Waals surface area contributed by atoms with Crippen molar-refractivity contribution in [1.29, 1.82) is 5.26 Å². The van der Waals surface area contributed by atoms with Crippen LogP contribution < -0.4 is 0 Å². The lowest BCUT2D eigenvalue weighted by molar-refractivity contribution is 1.08. The monoisotopic (exact) mass is 210 g/mol. The average Bonchev–Trinajstić information content (AvgIpc) is 1.95. The molecule has 0 saturated heterocycles. The Morgan fingerprint density at radius 2 is 2.45 bits per heavy atom. The highest BCUT2D eigenvalue weighted by Gasteiger charge is 1.99. The topological polar surface area (TPSA) is 36.7 Å². The minimum absolute atomic E-state index is 0.362. The molecular weight excluding hydrogens is 204 g/mol. The molecule has 0 saturated carbocycles. The Labute approximate surface area is 74.0 Å². The minimum Gasteiger partial charge on any atom is -0.259 e. The normalized spacial score (nSPS) is 9.18.